The molecule has 3 aromatic heterocycles. The highest BCUT2D eigenvalue weighted by Gasteiger charge is 2.32. The van der Waals surface area contributed by atoms with Crippen LogP contribution in [0, 0.1) is 12.7 Å². The minimum Gasteiger partial charge on any atom is -0.369 e. The average Bonchev–Trinajstić information content (AvgIpc) is 3.28. The van der Waals surface area contributed by atoms with Crippen LogP contribution in [0.15, 0.2) is 53.8 Å². The lowest BCUT2D eigenvalue weighted by Gasteiger charge is -2.35. The zero-order valence-electron chi connectivity index (χ0n) is 19.0. The fraction of sp³-hybridized carbons (Fsp3) is 0.346. The molecule has 34 heavy (non-hydrogen) atoms. The quantitative estimate of drug-likeness (QED) is 0.465. The maximum atomic E-state index is 14.5. The van der Waals surface area contributed by atoms with Gasteiger partial charge >= 0.3 is 0 Å². The lowest BCUT2D eigenvalue weighted by molar-refractivity contribution is 0.485. The average molecular weight is 457 g/mol. The Morgan fingerprint density at radius 1 is 0.971 bits per heavy atom. The first-order valence-electron chi connectivity index (χ1n) is 11.8. The number of nitrogens with zero attached hydrogens (tertiary/aromatic N) is 6. The van der Waals surface area contributed by atoms with Crippen molar-refractivity contribution in [2.24, 2.45) is 0 Å². The molecule has 172 valence electrons. The van der Waals surface area contributed by atoms with Gasteiger partial charge in [-0.05, 0) is 56.2 Å². The van der Waals surface area contributed by atoms with Crippen molar-refractivity contribution >= 4 is 16.9 Å². The second-order valence-electron chi connectivity index (χ2n) is 9.15. The van der Waals surface area contributed by atoms with Gasteiger partial charge in [0.25, 0.3) is 5.56 Å². The summed E-state index contributed by atoms with van der Waals surface area (Å²) in [6.45, 7) is 3.33. The van der Waals surface area contributed by atoms with Gasteiger partial charge in [0.05, 0.1) is 23.1 Å². The van der Waals surface area contributed by atoms with Crippen LogP contribution in [0.3, 0.4) is 0 Å². The zero-order chi connectivity index (χ0) is 23.2. The summed E-state index contributed by atoms with van der Waals surface area (Å²) in [7, 11) is 0. The van der Waals surface area contributed by atoms with E-state index in [0.717, 1.165) is 48.2 Å². The molecule has 2 aliphatic rings. The van der Waals surface area contributed by atoms with Crippen molar-refractivity contribution in [2.45, 2.75) is 44.6 Å². The van der Waals surface area contributed by atoms with Gasteiger partial charge in [0.1, 0.15) is 11.3 Å². The number of fused-ring (bicyclic) bond motifs is 2. The van der Waals surface area contributed by atoms with E-state index < -0.39 is 0 Å². The van der Waals surface area contributed by atoms with Crippen LogP contribution in [-0.2, 0) is 6.42 Å². The Kier molecular flexibility index (Phi) is 5.08. The van der Waals surface area contributed by atoms with Crippen LogP contribution in [0.4, 0.5) is 10.1 Å². The molecular weight excluding hydrogens is 431 g/mol. The van der Waals surface area contributed by atoms with Gasteiger partial charge in [0, 0.05) is 43.4 Å². The first-order valence-corrected chi connectivity index (χ1v) is 11.8. The molecular formula is C26H25FN6O. The molecule has 1 atom stereocenters. The van der Waals surface area contributed by atoms with Crippen LogP contribution in [0.2, 0.25) is 0 Å². The van der Waals surface area contributed by atoms with E-state index in [9.17, 15) is 9.18 Å². The van der Waals surface area contributed by atoms with Crippen molar-refractivity contribution in [1.82, 2.24) is 24.5 Å². The van der Waals surface area contributed by atoms with E-state index in [4.69, 9.17) is 0 Å². The van der Waals surface area contributed by atoms with E-state index in [0.29, 0.717) is 29.9 Å². The van der Waals surface area contributed by atoms with E-state index in [1.165, 1.54) is 6.07 Å². The van der Waals surface area contributed by atoms with Gasteiger partial charge in [-0.25, -0.2) is 9.37 Å². The second-order valence-corrected chi connectivity index (χ2v) is 9.15. The fourth-order valence-corrected chi connectivity index (χ4v) is 5.60. The van der Waals surface area contributed by atoms with Crippen molar-refractivity contribution in [3.05, 3.63) is 87.7 Å². The molecule has 1 aliphatic carbocycles. The van der Waals surface area contributed by atoms with Crippen LogP contribution in [-0.4, -0.2) is 37.6 Å². The third-order valence-corrected chi connectivity index (χ3v) is 7.22. The Hall–Kier alpha value is -3.68. The largest absolute Gasteiger partial charge is 0.369 e. The third kappa shape index (κ3) is 3.36. The number of para-hydroxylation sites is 1. The van der Waals surface area contributed by atoms with Crippen LogP contribution < -0.4 is 10.5 Å². The highest BCUT2D eigenvalue weighted by Crippen LogP contribution is 2.35. The van der Waals surface area contributed by atoms with Gasteiger partial charge in [0.2, 0.25) is 0 Å². The molecule has 7 nitrogen and oxygen atoms in total. The molecule has 1 saturated heterocycles. The van der Waals surface area contributed by atoms with Gasteiger partial charge in [-0.15, -0.1) is 0 Å². The molecule has 8 heteroatoms. The Balaban J connectivity index is 1.38. The monoisotopic (exact) mass is 456 g/mol. The van der Waals surface area contributed by atoms with E-state index in [2.05, 4.69) is 24.8 Å². The number of hydrogen-bond acceptors (Lipinski definition) is 6. The van der Waals surface area contributed by atoms with E-state index in [-0.39, 0.29) is 23.3 Å². The molecule has 0 amide bonds. The van der Waals surface area contributed by atoms with Crippen molar-refractivity contribution in [3.8, 4) is 0 Å². The van der Waals surface area contributed by atoms with Crippen LogP contribution in [0.5, 0.6) is 0 Å². The SMILES string of the molecule is Cc1cccc(F)c1N1CCC(c2cc3nccnc3n([C@H]3CCc4nccnc43)c2=O)CC1. The number of aromatic nitrogens is 5. The van der Waals surface area contributed by atoms with Gasteiger partial charge in [0.15, 0.2) is 5.65 Å². The lowest BCUT2D eigenvalue weighted by Crippen LogP contribution is -2.37. The predicted octanol–water partition coefficient (Wildman–Crippen LogP) is 3.95. The molecule has 0 bridgehead atoms. The van der Waals surface area contributed by atoms with E-state index >= 15 is 0 Å². The summed E-state index contributed by atoms with van der Waals surface area (Å²) in [4.78, 5) is 34.1. The summed E-state index contributed by atoms with van der Waals surface area (Å²) < 4.78 is 16.3. The highest BCUT2D eigenvalue weighted by molar-refractivity contribution is 5.71. The number of hydrogen-bond donors (Lipinski definition) is 0. The molecule has 0 unspecified atom stereocenters. The third-order valence-electron chi connectivity index (χ3n) is 7.22. The summed E-state index contributed by atoms with van der Waals surface area (Å²) in [5, 5.41) is 0. The fourth-order valence-electron chi connectivity index (χ4n) is 5.60. The van der Waals surface area contributed by atoms with Gasteiger partial charge in [-0.1, -0.05) is 12.1 Å². The summed E-state index contributed by atoms with van der Waals surface area (Å²) in [6, 6.07) is 6.90. The van der Waals surface area contributed by atoms with E-state index in [1.807, 2.05) is 19.1 Å². The number of rotatable bonds is 3. The van der Waals surface area contributed by atoms with Gasteiger partial charge < -0.3 is 4.90 Å². The van der Waals surface area contributed by atoms with Crippen molar-refractivity contribution in [2.75, 3.05) is 18.0 Å². The molecule has 6 rings (SSSR count). The summed E-state index contributed by atoms with van der Waals surface area (Å²) >= 11 is 0. The summed E-state index contributed by atoms with van der Waals surface area (Å²) in [6.07, 6.45) is 9.76. The highest BCUT2D eigenvalue weighted by atomic mass is 19.1. The van der Waals surface area contributed by atoms with Crippen molar-refractivity contribution in [3.63, 3.8) is 0 Å². The zero-order valence-corrected chi connectivity index (χ0v) is 19.0. The first kappa shape index (κ1) is 20.9. The minimum atomic E-state index is -0.198. The minimum absolute atomic E-state index is 0.0305. The van der Waals surface area contributed by atoms with Crippen LogP contribution in [0.25, 0.3) is 11.2 Å². The maximum absolute atomic E-state index is 14.5. The van der Waals surface area contributed by atoms with Gasteiger partial charge in [-0.3, -0.25) is 24.3 Å². The van der Waals surface area contributed by atoms with Gasteiger partial charge in [-0.2, -0.15) is 0 Å². The molecule has 0 saturated carbocycles. The second kappa shape index (κ2) is 8.27. The normalized spacial score (nSPS) is 18.4. The Labute approximate surface area is 196 Å². The lowest BCUT2D eigenvalue weighted by atomic mass is 9.89. The van der Waals surface area contributed by atoms with Crippen molar-refractivity contribution in [1.29, 1.82) is 0 Å². The molecule has 0 spiro atoms. The van der Waals surface area contributed by atoms with Crippen LogP contribution in [0.1, 0.15) is 53.7 Å². The standard InChI is InChI=1S/C26H25FN6O/c1-16-3-2-4-19(27)24(16)32-13-7-17(8-14-32)18-15-21-25(31-12-10-29-21)33(26(18)34)22-6-5-20-23(22)30-11-9-28-20/h2-4,9-12,15,17,22H,5-8,13-14H2,1H3/t22-/m0/s1. The summed E-state index contributed by atoms with van der Waals surface area (Å²) in [5.41, 5.74) is 5.41. The number of anilines is 1. The summed E-state index contributed by atoms with van der Waals surface area (Å²) in [5.74, 6) is -0.112. The number of pyridine rings is 1. The van der Waals surface area contributed by atoms with E-state index in [1.54, 1.807) is 35.4 Å². The molecule has 1 fully saturated rings. The molecule has 0 radical (unpaired) electrons. The Morgan fingerprint density at radius 3 is 2.56 bits per heavy atom. The predicted molar refractivity (Wildman–Crippen MR) is 128 cm³/mol. The molecule has 4 aromatic rings. The van der Waals surface area contributed by atoms with Crippen molar-refractivity contribution < 1.29 is 4.39 Å². The molecule has 0 N–H and O–H groups in total. The number of piperidine rings is 1. The first-order chi connectivity index (χ1) is 16.6. The molecule has 4 heterocycles. The molecule has 1 aromatic carbocycles. The topological polar surface area (TPSA) is 76.8 Å². The van der Waals surface area contributed by atoms with Crippen LogP contribution >= 0.6 is 0 Å². The smallest absolute Gasteiger partial charge is 0.256 e. The number of aryl methyl sites for hydroxylation is 2. The number of benzene rings is 1. The maximum Gasteiger partial charge on any atom is 0.256 e. The molecule has 1 aliphatic heterocycles. The Bertz CT molecular complexity index is 1420. The Morgan fingerprint density at radius 2 is 1.74 bits per heavy atom. The number of halogens is 1.